The van der Waals surface area contributed by atoms with Crippen molar-refractivity contribution >= 4 is 0 Å². The molecule has 0 spiro atoms. The van der Waals surface area contributed by atoms with Gasteiger partial charge in [-0.05, 0) is 50.5 Å². The van der Waals surface area contributed by atoms with Gasteiger partial charge in [-0.25, -0.2) is 8.78 Å². The Morgan fingerprint density at radius 1 is 1.00 bits per heavy atom. The van der Waals surface area contributed by atoms with Crippen LogP contribution in [0.1, 0.15) is 39.7 Å². The molecule has 0 amide bonds. The molecule has 0 fully saturated rings. The highest BCUT2D eigenvalue weighted by molar-refractivity contribution is 5.40. The number of aryl methyl sites for hydroxylation is 2. The van der Waals surface area contributed by atoms with Gasteiger partial charge in [0.2, 0.25) is 0 Å². The van der Waals surface area contributed by atoms with Gasteiger partial charge in [-0.2, -0.15) is 0 Å². The molecule has 0 aliphatic carbocycles. The minimum atomic E-state index is -1.12. The van der Waals surface area contributed by atoms with Crippen LogP contribution in [0.3, 0.4) is 0 Å². The molecule has 2 rings (SSSR count). The summed E-state index contributed by atoms with van der Waals surface area (Å²) in [7, 11) is 0. The van der Waals surface area contributed by atoms with Crippen LogP contribution in [0.5, 0.6) is 0 Å². The second-order valence-corrected chi connectivity index (χ2v) is 4.94. The number of benzene rings is 1. The Labute approximate surface area is 111 Å². The third kappa shape index (κ3) is 2.28. The second-order valence-electron chi connectivity index (χ2n) is 4.94. The molecule has 1 aromatic carbocycles. The van der Waals surface area contributed by atoms with E-state index in [0.717, 1.165) is 22.9 Å². The number of rotatable bonds is 2. The number of aliphatic hydroxyl groups excluding tert-OH is 1. The smallest absolute Gasteiger partial charge is 0.132 e. The summed E-state index contributed by atoms with van der Waals surface area (Å²) in [6.07, 6.45) is -1.12. The van der Waals surface area contributed by atoms with Crippen molar-refractivity contribution in [1.29, 1.82) is 0 Å². The number of aromatic amines is 1. The van der Waals surface area contributed by atoms with Gasteiger partial charge >= 0.3 is 0 Å². The molecule has 0 aliphatic rings. The number of aromatic nitrogens is 1. The van der Waals surface area contributed by atoms with Gasteiger partial charge in [0, 0.05) is 17.3 Å². The van der Waals surface area contributed by atoms with Crippen LogP contribution in [-0.2, 0) is 0 Å². The molecule has 19 heavy (non-hydrogen) atoms. The monoisotopic (exact) mass is 265 g/mol. The summed E-state index contributed by atoms with van der Waals surface area (Å²) >= 11 is 0. The van der Waals surface area contributed by atoms with Crippen LogP contribution in [0.2, 0.25) is 0 Å². The zero-order valence-electron chi connectivity index (χ0n) is 11.4. The third-order valence-electron chi connectivity index (χ3n) is 3.70. The van der Waals surface area contributed by atoms with E-state index in [1.54, 1.807) is 6.92 Å². The lowest BCUT2D eigenvalue weighted by Crippen LogP contribution is -2.06. The van der Waals surface area contributed by atoms with Crippen LogP contribution in [-0.4, -0.2) is 10.1 Å². The molecule has 1 unspecified atom stereocenters. The molecular formula is C15H17F2NO. The normalized spacial score (nSPS) is 12.8. The van der Waals surface area contributed by atoms with E-state index in [4.69, 9.17) is 0 Å². The third-order valence-corrected chi connectivity index (χ3v) is 3.70. The fraction of sp³-hybridized carbons (Fsp3) is 0.333. The Balaban J connectivity index is 2.52. The largest absolute Gasteiger partial charge is 0.382 e. The quantitative estimate of drug-likeness (QED) is 0.855. The van der Waals surface area contributed by atoms with Crippen molar-refractivity contribution in [2.45, 2.75) is 33.8 Å². The first-order chi connectivity index (χ1) is 8.82. The maximum atomic E-state index is 13.8. The number of H-pyrrole nitrogens is 1. The molecule has 1 atom stereocenters. The zero-order chi connectivity index (χ0) is 14.3. The summed E-state index contributed by atoms with van der Waals surface area (Å²) in [4.78, 5) is 3.06. The van der Waals surface area contributed by atoms with Crippen molar-refractivity contribution in [2.75, 3.05) is 0 Å². The van der Waals surface area contributed by atoms with Gasteiger partial charge < -0.3 is 10.1 Å². The van der Waals surface area contributed by atoms with Gasteiger partial charge in [0.25, 0.3) is 0 Å². The van der Waals surface area contributed by atoms with Gasteiger partial charge in [0.1, 0.15) is 17.7 Å². The summed E-state index contributed by atoms with van der Waals surface area (Å²) < 4.78 is 27.0. The highest BCUT2D eigenvalue weighted by Crippen LogP contribution is 2.30. The molecule has 0 saturated carbocycles. The van der Waals surface area contributed by atoms with Gasteiger partial charge in [-0.3, -0.25) is 0 Å². The van der Waals surface area contributed by atoms with Crippen LogP contribution in [0.25, 0.3) is 0 Å². The van der Waals surface area contributed by atoms with Crippen molar-refractivity contribution in [1.82, 2.24) is 4.98 Å². The predicted octanol–water partition coefficient (Wildman–Crippen LogP) is 3.61. The Kier molecular flexibility index (Phi) is 3.45. The minimum absolute atomic E-state index is 0.0863. The molecule has 2 N–H and O–H groups in total. The van der Waals surface area contributed by atoms with E-state index in [0.29, 0.717) is 11.3 Å². The fourth-order valence-electron chi connectivity index (χ4n) is 2.19. The Hall–Kier alpha value is -1.68. The van der Waals surface area contributed by atoms with Crippen molar-refractivity contribution in [3.05, 3.63) is 57.4 Å². The maximum absolute atomic E-state index is 13.8. The summed E-state index contributed by atoms with van der Waals surface area (Å²) in [5.41, 5.74) is 3.82. The van der Waals surface area contributed by atoms with E-state index in [9.17, 15) is 13.9 Å². The molecule has 0 radical (unpaired) electrons. The lowest BCUT2D eigenvalue weighted by atomic mass is 10.00. The summed E-state index contributed by atoms with van der Waals surface area (Å²) in [6, 6.07) is 2.16. The van der Waals surface area contributed by atoms with Gasteiger partial charge in [0.05, 0.1) is 5.69 Å². The summed E-state index contributed by atoms with van der Waals surface area (Å²) in [5, 5.41) is 10.3. The van der Waals surface area contributed by atoms with E-state index in [2.05, 4.69) is 4.98 Å². The van der Waals surface area contributed by atoms with Crippen LogP contribution < -0.4 is 0 Å². The van der Waals surface area contributed by atoms with Gasteiger partial charge in [0.15, 0.2) is 0 Å². The van der Waals surface area contributed by atoms with Gasteiger partial charge in [-0.1, -0.05) is 0 Å². The maximum Gasteiger partial charge on any atom is 0.132 e. The molecule has 4 heteroatoms. The summed E-state index contributed by atoms with van der Waals surface area (Å²) in [6.45, 7) is 7.24. The van der Waals surface area contributed by atoms with E-state index >= 15 is 0 Å². The van der Waals surface area contributed by atoms with Crippen molar-refractivity contribution in [2.24, 2.45) is 0 Å². The first-order valence-corrected chi connectivity index (χ1v) is 6.12. The highest BCUT2D eigenvalue weighted by Gasteiger charge is 2.21. The minimum Gasteiger partial charge on any atom is -0.382 e. The average Bonchev–Trinajstić information content (AvgIpc) is 2.61. The number of aliphatic hydroxyl groups is 1. The lowest BCUT2D eigenvalue weighted by Gasteiger charge is -2.13. The number of hydrogen-bond donors (Lipinski definition) is 2. The van der Waals surface area contributed by atoms with Crippen LogP contribution in [0.15, 0.2) is 12.1 Å². The molecule has 102 valence electrons. The van der Waals surface area contributed by atoms with E-state index in [1.165, 1.54) is 6.07 Å². The first kappa shape index (κ1) is 13.7. The Morgan fingerprint density at radius 3 is 2.16 bits per heavy atom. The molecule has 2 nitrogen and oxygen atoms in total. The number of hydrogen-bond acceptors (Lipinski definition) is 1. The fourth-order valence-corrected chi connectivity index (χ4v) is 2.19. The topological polar surface area (TPSA) is 36.0 Å². The average molecular weight is 265 g/mol. The van der Waals surface area contributed by atoms with E-state index in [1.807, 2.05) is 20.8 Å². The van der Waals surface area contributed by atoms with E-state index < -0.39 is 17.7 Å². The molecular weight excluding hydrogens is 248 g/mol. The van der Waals surface area contributed by atoms with Crippen LogP contribution in [0.4, 0.5) is 8.78 Å². The zero-order valence-corrected chi connectivity index (χ0v) is 11.4. The van der Waals surface area contributed by atoms with Crippen LogP contribution in [0, 0.1) is 39.3 Å². The van der Waals surface area contributed by atoms with Crippen molar-refractivity contribution < 1.29 is 13.9 Å². The number of nitrogens with one attached hydrogen (secondary N) is 1. The standard InChI is InChI=1S/C15H17F2NO/c1-7-5-11(13(17)6-12(7)16)15(19)14-9(3)8(2)10(4)18-14/h5-6,15,18-19H,1-4H3. The molecule has 0 aliphatic heterocycles. The van der Waals surface area contributed by atoms with Crippen molar-refractivity contribution in [3.63, 3.8) is 0 Å². The van der Waals surface area contributed by atoms with Crippen LogP contribution >= 0.6 is 0 Å². The highest BCUT2D eigenvalue weighted by atomic mass is 19.1. The molecule has 0 bridgehead atoms. The molecule has 0 saturated heterocycles. The van der Waals surface area contributed by atoms with Gasteiger partial charge in [-0.15, -0.1) is 0 Å². The lowest BCUT2D eigenvalue weighted by molar-refractivity contribution is 0.209. The summed E-state index contributed by atoms with van der Waals surface area (Å²) in [5.74, 6) is -1.34. The first-order valence-electron chi connectivity index (χ1n) is 6.12. The molecule has 2 aromatic rings. The molecule has 1 aromatic heterocycles. The number of halogens is 2. The second kappa shape index (κ2) is 4.78. The SMILES string of the molecule is Cc1cc(C(O)c2[nH]c(C)c(C)c2C)c(F)cc1F. The Morgan fingerprint density at radius 2 is 1.63 bits per heavy atom. The van der Waals surface area contributed by atoms with E-state index in [-0.39, 0.29) is 5.56 Å². The Bertz CT molecular complexity index is 632. The van der Waals surface area contributed by atoms with Crippen molar-refractivity contribution in [3.8, 4) is 0 Å². The molecule has 1 heterocycles. The predicted molar refractivity (Wildman–Crippen MR) is 70.2 cm³/mol.